The van der Waals surface area contributed by atoms with Gasteiger partial charge in [-0.05, 0) is 35.9 Å². The number of carbonyl (C=O) groups is 1. The van der Waals surface area contributed by atoms with E-state index in [1.165, 1.54) is 44.6 Å². The minimum atomic E-state index is -1.10. The standard InChI is InChI=1S/C15H13FO4/c1-19-10-4-6-13(16)12(8-10)9-3-5-11(15(17)18)14(7-9)20-2/h3-8H,1-2H3,(H,17,18). The maximum Gasteiger partial charge on any atom is 0.339 e. The van der Waals surface area contributed by atoms with Crippen LogP contribution in [0.1, 0.15) is 10.4 Å². The molecule has 0 saturated carbocycles. The molecule has 4 nitrogen and oxygen atoms in total. The van der Waals surface area contributed by atoms with Gasteiger partial charge in [-0.15, -0.1) is 0 Å². The summed E-state index contributed by atoms with van der Waals surface area (Å²) in [6.45, 7) is 0. The van der Waals surface area contributed by atoms with E-state index in [0.717, 1.165) is 0 Å². The third kappa shape index (κ3) is 2.56. The molecule has 5 heteroatoms. The fourth-order valence-corrected chi connectivity index (χ4v) is 1.89. The van der Waals surface area contributed by atoms with Crippen LogP contribution in [0.25, 0.3) is 11.1 Å². The first kappa shape index (κ1) is 13.9. The van der Waals surface area contributed by atoms with Gasteiger partial charge in [0.15, 0.2) is 0 Å². The summed E-state index contributed by atoms with van der Waals surface area (Å²) in [6.07, 6.45) is 0. The molecule has 20 heavy (non-hydrogen) atoms. The van der Waals surface area contributed by atoms with Crippen molar-refractivity contribution in [2.24, 2.45) is 0 Å². The first-order chi connectivity index (χ1) is 9.56. The molecule has 0 aliphatic carbocycles. The molecule has 0 heterocycles. The van der Waals surface area contributed by atoms with Crippen molar-refractivity contribution in [3.05, 3.63) is 47.8 Å². The minimum Gasteiger partial charge on any atom is -0.497 e. The molecule has 104 valence electrons. The van der Waals surface area contributed by atoms with Gasteiger partial charge in [0.25, 0.3) is 0 Å². The van der Waals surface area contributed by atoms with Crippen molar-refractivity contribution in [1.82, 2.24) is 0 Å². The van der Waals surface area contributed by atoms with Gasteiger partial charge in [-0.1, -0.05) is 6.07 Å². The molecular formula is C15H13FO4. The maximum absolute atomic E-state index is 13.9. The van der Waals surface area contributed by atoms with Crippen LogP contribution in [-0.4, -0.2) is 25.3 Å². The molecule has 0 radical (unpaired) electrons. The second kappa shape index (κ2) is 5.61. The molecule has 2 rings (SSSR count). The first-order valence-corrected chi connectivity index (χ1v) is 5.82. The number of ether oxygens (including phenoxy) is 2. The third-order valence-electron chi connectivity index (χ3n) is 2.92. The van der Waals surface area contributed by atoms with Crippen LogP contribution in [0.5, 0.6) is 11.5 Å². The lowest BCUT2D eigenvalue weighted by Gasteiger charge is -2.10. The van der Waals surface area contributed by atoms with Crippen molar-refractivity contribution >= 4 is 5.97 Å². The van der Waals surface area contributed by atoms with Crippen molar-refractivity contribution in [2.75, 3.05) is 14.2 Å². The number of rotatable bonds is 4. The average molecular weight is 276 g/mol. The lowest BCUT2D eigenvalue weighted by Crippen LogP contribution is -2.00. The molecule has 0 fully saturated rings. The number of carboxylic acids is 1. The molecule has 2 aromatic carbocycles. The van der Waals surface area contributed by atoms with Crippen molar-refractivity contribution in [3.63, 3.8) is 0 Å². The fourth-order valence-electron chi connectivity index (χ4n) is 1.89. The third-order valence-corrected chi connectivity index (χ3v) is 2.92. The van der Waals surface area contributed by atoms with Gasteiger partial charge in [-0.25, -0.2) is 9.18 Å². The highest BCUT2D eigenvalue weighted by molar-refractivity contribution is 5.92. The SMILES string of the molecule is COc1ccc(F)c(-c2ccc(C(=O)O)c(OC)c2)c1. The summed E-state index contributed by atoms with van der Waals surface area (Å²) < 4.78 is 24.0. The van der Waals surface area contributed by atoms with Gasteiger partial charge in [0.05, 0.1) is 14.2 Å². The number of benzene rings is 2. The topological polar surface area (TPSA) is 55.8 Å². The Bertz CT molecular complexity index is 652. The van der Waals surface area contributed by atoms with Crippen LogP contribution in [0, 0.1) is 5.82 Å². The van der Waals surface area contributed by atoms with Crippen molar-refractivity contribution in [2.45, 2.75) is 0 Å². The molecule has 0 unspecified atom stereocenters. The summed E-state index contributed by atoms with van der Waals surface area (Å²) in [5.74, 6) is -0.824. The Morgan fingerprint density at radius 1 is 1.10 bits per heavy atom. The van der Waals surface area contributed by atoms with E-state index in [-0.39, 0.29) is 11.3 Å². The fraction of sp³-hybridized carbons (Fsp3) is 0.133. The summed E-state index contributed by atoms with van der Waals surface area (Å²) >= 11 is 0. The molecular weight excluding hydrogens is 263 g/mol. The van der Waals surface area contributed by atoms with Gasteiger partial charge >= 0.3 is 5.97 Å². The van der Waals surface area contributed by atoms with Gasteiger partial charge in [0.1, 0.15) is 22.9 Å². The zero-order chi connectivity index (χ0) is 14.7. The second-order valence-corrected chi connectivity index (χ2v) is 4.07. The van der Waals surface area contributed by atoms with Gasteiger partial charge < -0.3 is 14.6 Å². The highest BCUT2D eigenvalue weighted by Gasteiger charge is 2.14. The zero-order valence-electron chi connectivity index (χ0n) is 11.0. The minimum absolute atomic E-state index is 0.0274. The summed E-state index contributed by atoms with van der Waals surface area (Å²) in [5, 5.41) is 9.02. The van der Waals surface area contributed by atoms with E-state index in [4.69, 9.17) is 14.6 Å². The number of carboxylic acid groups (broad SMARTS) is 1. The molecule has 1 N–H and O–H groups in total. The van der Waals surface area contributed by atoms with Crippen molar-refractivity contribution in [3.8, 4) is 22.6 Å². The monoisotopic (exact) mass is 276 g/mol. The molecule has 0 aromatic heterocycles. The number of methoxy groups -OCH3 is 2. The van der Waals surface area contributed by atoms with Crippen LogP contribution in [-0.2, 0) is 0 Å². The van der Waals surface area contributed by atoms with Gasteiger partial charge in [0, 0.05) is 5.56 Å². The predicted octanol–water partition coefficient (Wildman–Crippen LogP) is 3.21. The number of aromatic carboxylic acids is 1. The quantitative estimate of drug-likeness (QED) is 0.931. The molecule has 0 bridgehead atoms. The Morgan fingerprint density at radius 3 is 2.45 bits per heavy atom. The van der Waals surface area contributed by atoms with Crippen LogP contribution in [0.4, 0.5) is 4.39 Å². The van der Waals surface area contributed by atoms with Gasteiger partial charge in [0.2, 0.25) is 0 Å². The van der Waals surface area contributed by atoms with E-state index in [0.29, 0.717) is 16.9 Å². The van der Waals surface area contributed by atoms with Crippen LogP contribution in [0.2, 0.25) is 0 Å². The van der Waals surface area contributed by atoms with E-state index in [2.05, 4.69) is 0 Å². The van der Waals surface area contributed by atoms with E-state index in [9.17, 15) is 9.18 Å². The van der Waals surface area contributed by atoms with E-state index in [1.807, 2.05) is 0 Å². The summed E-state index contributed by atoms with van der Waals surface area (Å²) in [6, 6.07) is 8.76. The molecule has 0 spiro atoms. The van der Waals surface area contributed by atoms with Crippen molar-refractivity contribution in [1.29, 1.82) is 0 Å². The second-order valence-electron chi connectivity index (χ2n) is 4.07. The maximum atomic E-state index is 13.9. The Labute approximate surface area is 115 Å². The van der Waals surface area contributed by atoms with Crippen LogP contribution in [0.3, 0.4) is 0 Å². The average Bonchev–Trinajstić information content (AvgIpc) is 2.47. The summed E-state index contributed by atoms with van der Waals surface area (Å²) in [4.78, 5) is 11.0. The molecule has 2 aromatic rings. The smallest absolute Gasteiger partial charge is 0.339 e. The predicted molar refractivity (Wildman–Crippen MR) is 71.9 cm³/mol. The molecule has 0 aliphatic rings. The highest BCUT2D eigenvalue weighted by atomic mass is 19.1. The molecule has 0 atom stereocenters. The normalized spacial score (nSPS) is 10.2. The van der Waals surface area contributed by atoms with E-state index >= 15 is 0 Å². The summed E-state index contributed by atoms with van der Waals surface area (Å²) in [5.41, 5.74) is 0.863. The van der Waals surface area contributed by atoms with Crippen molar-refractivity contribution < 1.29 is 23.8 Å². The van der Waals surface area contributed by atoms with Gasteiger partial charge in [-0.3, -0.25) is 0 Å². The van der Waals surface area contributed by atoms with Crippen LogP contribution < -0.4 is 9.47 Å². The number of hydrogen-bond donors (Lipinski definition) is 1. The van der Waals surface area contributed by atoms with Crippen LogP contribution in [0.15, 0.2) is 36.4 Å². The zero-order valence-corrected chi connectivity index (χ0v) is 11.0. The van der Waals surface area contributed by atoms with Gasteiger partial charge in [-0.2, -0.15) is 0 Å². The lowest BCUT2D eigenvalue weighted by molar-refractivity contribution is 0.0693. The largest absolute Gasteiger partial charge is 0.497 e. The first-order valence-electron chi connectivity index (χ1n) is 5.82. The Morgan fingerprint density at radius 2 is 1.85 bits per heavy atom. The molecule has 0 aliphatic heterocycles. The number of halogens is 1. The summed E-state index contributed by atoms with van der Waals surface area (Å²) in [7, 11) is 2.86. The molecule has 0 saturated heterocycles. The highest BCUT2D eigenvalue weighted by Crippen LogP contribution is 2.31. The molecule has 0 amide bonds. The number of hydrogen-bond acceptors (Lipinski definition) is 3. The Balaban J connectivity index is 2.56. The Hall–Kier alpha value is -2.56. The van der Waals surface area contributed by atoms with E-state index in [1.54, 1.807) is 6.07 Å². The Kier molecular flexibility index (Phi) is 3.89. The lowest BCUT2D eigenvalue weighted by atomic mass is 10.0. The van der Waals surface area contributed by atoms with E-state index < -0.39 is 11.8 Å². The van der Waals surface area contributed by atoms with Crippen LogP contribution >= 0.6 is 0 Å².